The van der Waals surface area contributed by atoms with Crippen LogP contribution in [0.1, 0.15) is 39.5 Å². The van der Waals surface area contributed by atoms with Crippen LogP contribution in [0.25, 0.3) is 0 Å². The van der Waals surface area contributed by atoms with Crippen LogP contribution in [0.4, 0.5) is 0 Å². The average Bonchev–Trinajstić information content (AvgIpc) is 2.86. The predicted octanol–water partition coefficient (Wildman–Crippen LogP) is 1.17. The van der Waals surface area contributed by atoms with Gasteiger partial charge in [0.05, 0.1) is 12.2 Å². The van der Waals surface area contributed by atoms with Gasteiger partial charge in [-0.3, -0.25) is 4.90 Å². The molecule has 2 aliphatic rings. The lowest BCUT2D eigenvalue weighted by atomic mass is 9.88. The minimum absolute atomic E-state index is 0.0767. The number of oxime groups is 1. The van der Waals surface area contributed by atoms with Gasteiger partial charge in [-0.05, 0) is 26.7 Å². The molecule has 0 amide bonds. The molecule has 2 fully saturated rings. The molecule has 1 spiro atoms. The van der Waals surface area contributed by atoms with E-state index in [4.69, 9.17) is 20.4 Å². The molecule has 2 aliphatic heterocycles. The second kappa shape index (κ2) is 6.74. The zero-order chi connectivity index (χ0) is 14.6. The standard InChI is InChI=1S/C14H27N3O3/c1-11(2)17(6-3-13(15)16-18)12-4-7-20-14(9-12)5-8-19-10-14/h11-12,18H,3-10H2,1-2H3,(H2,15,16). The van der Waals surface area contributed by atoms with Gasteiger partial charge in [0.15, 0.2) is 0 Å². The molecule has 0 aromatic carbocycles. The van der Waals surface area contributed by atoms with Gasteiger partial charge in [-0.15, -0.1) is 0 Å². The quantitative estimate of drug-likeness (QED) is 0.343. The summed E-state index contributed by atoms with van der Waals surface area (Å²) in [6, 6.07) is 0.918. The highest BCUT2D eigenvalue weighted by Gasteiger charge is 2.42. The number of nitrogens with zero attached hydrogens (tertiary/aromatic N) is 2. The molecule has 0 saturated carbocycles. The van der Waals surface area contributed by atoms with E-state index in [2.05, 4.69) is 23.9 Å². The molecular weight excluding hydrogens is 258 g/mol. The van der Waals surface area contributed by atoms with Crippen LogP contribution in [0.2, 0.25) is 0 Å². The Morgan fingerprint density at radius 2 is 2.30 bits per heavy atom. The summed E-state index contributed by atoms with van der Waals surface area (Å²) in [4.78, 5) is 2.45. The van der Waals surface area contributed by atoms with Crippen molar-refractivity contribution < 1.29 is 14.7 Å². The molecule has 0 aliphatic carbocycles. The summed E-state index contributed by atoms with van der Waals surface area (Å²) in [5.41, 5.74) is 5.52. The first-order valence-electron chi connectivity index (χ1n) is 7.50. The summed E-state index contributed by atoms with van der Waals surface area (Å²) >= 11 is 0. The molecule has 2 atom stereocenters. The van der Waals surface area contributed by atoms with Crippen LogP contribution in [-0.4, -0.2) is 60.0 Å². The summed E-state index contributed by atoms with van der Waals surface area (Å²) < 4.78 is 11.5. The summed E-state index contributed by atoms with van der Waals surface area (Å²) in [5.74, 6) is 0.293. The molecule has 2 saturated heterocycles. The van der Waals surface area contributed by atoms with E-state index in [1.165, 1.54) is 0 Å². The summed E-state index contributed by atoms with van der Waals surface area (Å²) in [6.45, 7) is 7.52. The lowest BCUT2D eigenvalue weighted by Crippen LogP contribution is -2.51. The second-order valence-corrected chi connectivity index (χ2v) is 6.15. The van der Waals surface area contributed by atoms with Crippen LogP contribution in [-0.2, 0) is 9.47 Å². The van der Waals surface area contributed by atoms with Gasteiger partial charge in [0, 0.05) is 44.7 Å². The summed E-state index contributed by atoms with van der Waals surface area (Å²) in [7, 11) is 0. The molecule has 2 heterocycles. The van der Waals surface area contributed by atoms with E-state index < -0.39 is 0 Å². The van der Waals surface area contributed by atoms with Crippen LogP contribution in [0, 0.1) is 0 Å². The van der Waals surface area contributed by atoms with Gasteiger partial charge >= 0.3 is 0 Å². The van der Waals surface area contributed by atoms with Crippen molar-refractivity contribution in [3.8, 4) is 0 Å². The van der Waals surface area contributed by atoms with Crippen LogP contribution in [0.15, 0.2) is 5.16 Å². The molecule has 116 valence electrons. The number of ether oxygens (including phenoxy) is 2. The number of nitrogens with two attached hydrogens (primary N) is 1. The molecular formula is C14H27N3O3. The van der Waals surface area contributed by atoms with E-state index >= 15 is 0 Å². The Labute approximate surface area is 120 Å². The van der Waals surface area contributed by atoms with Gasteiger partial charge in [-0.1, -0.05) is 5.16 Å². The first-order valence-corrected chi connectivity index (χ1v) is 7.50. The van der Waals surface area contributed by atoms with Gasteiger partial charge in [-0.2, -0.15) is 0 Å². The Kier molecular flexibility index (Phi) is 5.23. The maximum Gasteiger partial charge on any atom is 0.140 e. The largest absolute Gasteiger partial charge is 0.409 e. The molecule has 6 nitrogen and oxygen atoms in total. The fourth-order valence-electron chi connectivity index (χ4n) is 3.30. The van der Waals surface area contributed by atoms with Crippen LogP contribution in [0.3, 0.4) is 0 Å². The van der Waals surface area contributed by atoms with E-state index in [0.29, 0.717) is 24.3 Å². The van der Waals surface area contributed by atoms with Crippen molar-refractivity contribution >= 4 is 5.84 Å². The van der Waals surface area contributed by atoms with E-state index in [-0.39, 0.29) is 5.60 Å². The summed E-state index contributed by atoms with van der Waals surface area (Å²) in [6.07, 6.45) is 3.64. The minimum atomic E-state index is -0.0767. The Bertz CT molecular complexity index is 341. The molecule has 20 heavy (non-hydrogen) atoms. The zero-order valence-corrected chi connectivity index (χ0v) is 12.5. The Hall–Kier alpha value is -0.850. The fourth-order valence-corrected chi connectivity index (χ4v) is 3.30. The van der Waals surface area contributed by atoms with Crippen LogP contribution in [0.5, 0.6) is 0 Å². The van der Waals surface area contributed by atoms with Gasteiger partial charge in [0.2, 0.25) is 0 Å². The fraction of sp³-hybridized carbons (Fsp3) is 0.929. The van der Waals surface area contributed by atoms with E-state index in [1.807, 2.05) is 0 Å². The highest BCUT2D eigenvalue weighted by molar-refractivity contribution is 5.79. The van der Waals surface area contributed by atoms with Gasteiger partial charge < -0.3 is 20.4 Å². The maximum absolute atomic E-state index is 8.67. The van der Waals surface area contributed by atoms with Gasteiger partial charge in [-0.25, -0.2) is 0 Å². The van der Waals surface area contributed by atoms with Crippen LogP contribution >= 0.6 is 0 Å². The smallest absolute Gasteiger partial charge is 0.140 e. The van der Waals surface area contributed by atoms with E-state index in [1.54, 1.807) is 0 Å². The van der Waals surface area contributed by atoms with Crippen molar-refractivity contribution in [1.82, 2.24) is 4.90 Å². The molecule has 0 aromatic heterocycles. The third-order valence-electron chi connectivity index (χ3n) is 4.42. The normalized spacial score (nSPS) is 31.6. The highest BCUT2D eigenvalue weighted by atomic mass is 16.6. The third kappa shape index (κ3) is 3.62. The number of amidine groups is 1. The summed E-state index contributed by atoms with van der Waals surface area (Å²) in [5, 5.41) is 11.7. The van der Waals surface area contributed by atoms with Gasteiger partial charge in [0.1, 0.15) is 5.84 Å². The number of hydrogen-bond acceptors (Lipinski definition) is 5. The predicted molar refractivity (Wildman–Crippen MR) is 77.0 cm³/mol. The van der Waals surface area contributed by atoms with Crippen molar-refractivity contribution in [2.24, 2.45) is 10.9 Å². The Morgan fingerprint density at radius 1 is 1.50 bits per heavy atom. The van der Waals surface area contributed by atoms with E-state index in [9.17, 15) is 0 Å². The maximum atomic E-state index is 8.67. The molecule has 0 bridgehead atoms. The molecule has 2 unspecified atom stereocenters. The monoisotopic (exact) mass is 285 g/mol. The molecule has 3 N–H and O–H groups in total. The van der Waals surface area contributed by atoms with Crippen molar-refractivity contribution in [1.29, 1.82) is 0 Å². The molecule has 6 heteroatoms. The first kappa shape index (κ1) is 15.5. The minimum Gasteiger partial charge on any atom is -0.409 e. The van der Waals surface area contributed by atoms with E-state index in [0.717, 1.165) is 45.6 Å². The van der Waals surface area contributed by atoms with Crippen molar-refractivity contribution in [2.75, 3.05) is 26.4 Å². The Morgan fingerprint density at radius 3 is 2.90 bits per heavy atom. The number of hydrogen-bond donors (Lipinski definition) is 2. The molecule has 0 aromatic rings. The molecule has 0 radical (unpaired) electrons. The SMILES string of the molecule is CC(C)N(CCC(N)=NO)C1CCOC2(CCOC2)C1. The third-order valence-corrected chi connectivity index (χ3v) is 4.42. The van der Waals surface area contributed by atoms with Gasteiger partial charge in [0.25, 0.3) is 0 Å². The van der Waals surface area contributed by atoms with Crippen molar-refractivity contribution in [3.63, 3.8) is 0 Å². The lowest BCUT2D eigenvalue weighted by Gasteiger charge is -2.43. The lowest BCUT2D eigenvalue weighted by molar-refractivity contribution is -0.109. The van der Waals surface area contributed by atoms with Crippen molar-refractivity contribution in [2.45, 2.75) is 57.2 Å². The molecule has 2 rings (SSSR count). The first-order chi connectivity index (χ1) is 9.56. The topological polar surface area (TPSA) is 80.3 Å². The number of rotatable bonds is 5. The van der Waals surface area contributed by atoms with Crippen molar-refractivity contribution in [3.05, 3.63) is 0 Å². The average molecular weight is 285 g/mol. The Balaban J connectivity index is 1.97. The van der Waals surface area contributed by atoms with Crippen LogP contribution < -0.4 is 5.73 Å². The second-order valence-electron chi connectivity index (χ2n) is 6.15. The zero-order valence-electron chi connectivity index (χ0n) is 12.5. The highest BCUT2D eigenvalue weighted by Crippen LogP contribution is 2.35.